The first-order chi connectivity index (χ1) is 9.12. The molecular formula is C8F12O. The van der Waals surface area contributed by atoms with Gasteiger partial charge in [0.05, 0.1) is 0 Å². The summed E-state index contributed by atoms with van der Waals surface area (Å²) in [6.07, 6.45) is 0. The van der Waals surface area contributed by atoms with Gasteiger partial charge in [0, 0.05) is 0 Å². The number of ether oxygens (including phenoxy) is 1. The lowest BCUT2D eigenvalue weighted by atomic mass is 9.97. The van der Waals surface area contributed by atoms with Crippen molar-refractivity contribution in [3.63, 3.8) is 0 Å². The van der Waals surface area contributed by atoms with Crippen LogP contribution in [0.2, 0.25) is 0 Å². The van der Waals surface area contributed by atoms with Crippen molar-refractivity contribution < 1.29 is 57.4 Å². The van der Waals surface area contributed by atoms with Crippen LogP contribution in [-0.4, -0.2) is 23.7 Å². The Labute approximate surface area is 106 Å². The van der Waals surface area contributed by atoms with E-state index in [1.165, 1.54) is 0 Å². The SMILES string of the molecule is F/C1=C(\F)C(F)(F)C(F)(F)C(F)(F)C(F)(F)/C(F)=C(/F)O1. The highest BCUT2D eigenvalue weighted by Crippen LogP contribution is 2.58. The minimum atomic E-state index is -7.32. The molecule has 0 radical (unpaired) electrons. The first kappa shape index (κ1) is 17.5. The molecule has 1 nitrogen and oxygen atoms in total. The van der Waals surface area contributed by atoms with E-state index in [9.17, 15) is 52.7 Å². The average molecular weight is 340 g/mol. The molecule has 1 aliphatic rings. The lowest BCUT2D eigenvalue weighted by Crippen LogP contribution is -2.62. The van der Waals surface area contributed by atoms with Gasteiger partial charge in [-0.05, 0) is 0 Å². The number of alkyl halides is 8. The third-order valence-corrected chi connectivity index (χ3v) is 2.26. The van der Waals surface area contributed by atoms with E-state index in [0.717, 1.165) is 0 Å². The Bertz CT molecular complexity index is 469. The maximum Gasteiger partial charge on any atom is 0.385 e. The van der Waals surface area contributed by atoms with Gasteiger partial charge >= 0.3 is 35.7 Å². The molecule has 0 bridgehead atoms. The zero-order valence-electron chi connectivity index (χ0n) is 8.94. The van der Waals surface area contributed by atoms with E-state index in [1.807, 2.05) is 0 Å². The van der Waals surface area contributed by atoms with Crippen molar-refractivity contribution >= 4 is 0 Å². The molecule has 1 aliphatic heterocycles. The Kier molecular flexibility index (Phi) is 3.72. The molecule has 0 spiro atoms. The predicted molar refractivity (Wildman–Crippen MR) is 39.4 cm³/mol. The highest BCUT2D eigenvalue weighted by atomic mass is 19.4. The fourth-order valence-corrected chi connectivity index (χ4v) is 1.09. The first-order valence-electron chi connectivity index (χ1n) is 4.43. The maximum absolute atomic E-state index is 12.8. The van der Waals surface area contributed by atoms with Crippen LogP contribution in [0, 0.1) is 0 Å². The standard InChI is InChI=1S/C8F12O/c9-1-3(11)21-4(12)2(10)6(15,16)8(19,20)7(17,18)5(1,13)14/b3-1+,4-2+. The smallest absolute Gasteiger partial charge is 0.385 e. The van der Waals surface area contributed by atoms with E-state index in [2.05, 4.69) is 4.74 Å². The van der Waals surface area contributed by atoms with Gasteiger partial charge in [-0.1, -0.05) is 0 Å². The van der Waals surface area contributed by atoms with Crippen LogP contribution in [0.1, 0.15) is 0 Å². The van der Waals surface area contributed by atoms with Crippen LogP contribution in [0.4, 0.5) is 52.7 Å². The largest absolute Gasteiger partial charge is 0.400 e. The van der Waals surface area contributed by atoms with E-state index in [-0.39, 0.29) is 0 Å². The Morgan fingerprint density at radius 1 is 0.524 bits per heavy atom. The molecule has 1 heterocycles. The highest BCUT2D eigenvalue weighted by Gasteiger charge is 2.84. The fraction of sp³-hybridized carbons (Fsp3) is 0.500. The van der Waals surface area contributed by atoms with Gasteiger partial charge in [0.1, 0.15) is 0 Å². The molecule has 0 saturated heterocycles. The van der Waals surface area contributed by atoms with Gasteiger partial charge in [-0.3, -0.25) is 0 Å². The second-order valence-electron chi connectivity index (χ2n) is 3.58. The summed E-state index contributed by atoms with van der Waals surface area (Å²) in [5, 5.41) is 0. The predicted octanol–water partition coefficient (Wildman–Crippen LogP) is 4.77. The summed E-state index contributed by atoms with van der Waals surface area (Å²) < 4.78 is 155. The number of rotatable bonds is 0. The van der Waals surface area contributed by atoms with Crippen LogP contribution in [0.5, 0.6) is 0 Å². The fourth-order valence-electron chi connectivity index (χ4n) is 1.09. The molecule has 13 heteroatoms. The van der Waals surface area contributed by atoms with Crippen LogP contribution in [0.3, 0.4) is 0 Å². The molecule has 0 unspecified atom stereocenters. The topological polar surface area (TPSA) is 9.23 Å². The molecule has 0 fully saturated rings. The zero-order valence-corrected chi connectivity index (χ0v) is 8.94. The second-order valence-corrected chi connectivity index (χ2v) is 3.58. The number of hydrogen-bond donors (Lipinski definition) is 0. The average Bonchev–Trinajstić information content (AvgIpc) is 2.34. The van der Waals surface area contributed by atoms with Gasteiger partial charge in [-0.2, -0.15) is 52.7 Å². The van der Waals surface area contributed by atoms with Gasteiger partial charge in [0.15, 0.2) is 0 Å². The van der Waals surface area contributed by atoms with Crippen molar-refractivity contribution in [1.82, 2.24) is 0 Å². The first-order valence-corrected chi connectivity index (χ1v) is 4.43. The number of hydrogen-bond acceptors (Lipinski definition) is 1. The summed E-state index contributed by atoms with van der Waals surface area (Å²) in [4.78, 5) is 0. The van der Waals surface area contributed by atoms with Crippen molar-refractivity contribution in [2.75, 3.05) is 0 Å². The van der Waals surface area contributed by atoms with Crippen LogP contribution < -0.4 is 0 Å². The molecule has 0 N–H and O–H groups in total. The Hall–Kier alpha value is -1.56. The summed E-state index contributed by atoms with van der Waals surface area (Å²) in [5.41, 5.74) is 0. The van der Waals surface area contributed by atoms with E-state index >= 15 is 0 Å². The van der Waals surface area contributed by atoms with Crippen molar-refractivity contribution in [3.05, 3.63) is 23.7 Å². The third-order valence-electron chi connectivity index (χ3n) is 2.26. The molecule has 0 aromatic carbocycles. The molecule has 0 atom stereocenters. The zero-order chi connectivity index (χ0) is 17.0. The van der Waals surface area contributed by atoms with Crippen molar-refractivity contribution in [2.24, 2.45) is 0 Å². The summed E-state index contributed by atoms with van der Waals surface area (Å²) in [6.45, 7) is 0. The highest BCUT2D eigenvalue weighted by molar-refractivity contribution is 5.24. The Balaban J connectivity index is 3.82. The van der Waals surface area contributed by atoms with E-state index in [0.29, 0.717) is 0 Å². The van der Waals surface area contributed by atoms with Gasteiger partial charge in [0.2, 0.25) is 11.7 Å². The maximum atomic E-state index is 12.8. The van der Waals surface area contributed by atoms with E-state index in [1.54, 1.807) is 0 Å². The summed E-state index contributed by atoms with van der Waals surface area (Å²) in [5.74, 6) is -36.6. The molecule has 0 amide bonds. The van der Waals surface area contributed by atoms with E-state index < -0.39 is 47.4 Å². The molecule has 0 aromatic rings. The van der Waals surface area contributed by atoms with E-state index in [4.69, 9.17) is 0 Å². The molecule has 122 valence electrons. The van der Waals surface area contributed by atoms with Crippen LogP contribution in [0.25, 0.3) is 0 Å². The van der Waals surface area contributed by atoms with Crippen LogP contribution in [0.15, 0.2) is 23.7 Å². The van der Waals surface area contributed by atoms with Crippen molar-refractivity contribution in [3.8, 4) is 0 Å². The molecule has 21 heavy (non-hydrogen) atoms. The monoisotopic (exact) mass is 340 g/mol. The summed E-state index contributed by atoms with van der Waals surface area (Å²) in [6, 6.07) is -7.25. The van der Waals surface area contributed by atoms with Gasteiger partial charge in [-0.15, -0.1) is 0 Å². The lowest BCUT2D eigenvalue weighted by Gasteiger charge is -2.34. The Morgan fingerprint density at radius 3 is 1.00 bits per heavy atom. The van der Waals surface area contributed by atoms with Gasteiger partial charge < -0.3 is 4.74 Å². The molecular weight excluding hydrogens is 340 g/mol. The second kappa shape index (κ2) is 4.47. The normalized spacial score (nSPS) is 34.5. The molecule has 0 saturated carbocycles. The van der Waals surface area contributed by atoms with Gasteiger partial charge in [0.25, 0.3) is 0 Å². The number of halogens is 12. The van der Waals surface area contributed by atoms with Gasteiger partial charge in [-0.25, -0.2) is 0 Å². The lowest BCUT2D eigenvalue weighted by molar-refractivity contribution is -0.354. The summed E-state index contributed by atoms with van der Waals surface area (Å²) in [7, 11) is 0. The number of allylic oxidation sites excluding steroid dienone is 2. The van der Waals surface area contributed by atoms with Crippen molar-refractivity contribution in [1.29, 1.82) is 0 Å². The van der Waals surface area contributed by atoms with Crippen molar-refractivity contribution in [2.45, 2.75) is 23.7 Å². The Morgan fingerprint density at radius 2 is 0.762 bits per heavy atom. The summed E-state index contributed by atoms with van der Waals surface area (Å²) >= 11 is 0. The molecule has 0 aromatic heterocycles. The third kappa shape index (κ3) is 2.04. The minimum absolute atomic E-state index is 2.50. The minimum Gasteiger partial charge on any atom is -0.400 e. The molecule has 1 rings (SSSR count). The van der Waals surface area contributed by atoms with Crippen LogP contribution >= 0.6 is 0 Å². The molecule has 0 aliphatic carbocycles. The quantitative estimate of drug-likeness (QED) is 0.577. The van der Waals surface area contributed by atoms with Crippen LogP contribution in [-0.2, 0) is 4.74 Å².